The van der Waals surface area contributed by atoms with Crippen molar-refractivity contribution in [1.82, 2.24) is 0 Å². The number of carbonyl (C=O) groups excluding carboxylic acids is 1. The van der Waals surface area contributed by atoms with Crippen LogP contribution >= 0.6 is 0 Å². The fraction of sp³-hybridized carbons (Fsp3) is 0.500. The van der Waals surface area contributed by atoms with Crippen LogP contribution in [-0.4, -0.2) is 23.0 Å². The molecule has 2 rings (SSSR count). The van der Waals surface area contributed by atoms with E-state index in [1.807, 2.05) is 12.1 Å². The Morgan fingerprint density at radius 2 is 2.00 bits per heavy atom. The number of anilines is 2. The molecule has 1 aromatic rings. The molecule has 0 saturated heterocycles. The van der Waals surface area contributed by atoms with Crippen molar-refractivity contribution in [2.24, 2.45) is 0 Å². The second kappa shape index (κ2) is 5.40. The van der Waals surface area contributed by atoms with Gasteiger partial charge in [-0.3, -0.25) is 4.79 Å². The van der Waals surface area contributed by atoms with Crippen molar-refractivity contribution in [3.63, 3.8) is 0 Å². The van der Waals surface area contributed by atoms with Crippen molar-refractivity contribution in [2.45, 2.75) is 44.8 Å². The van der Waals surface area contributed by atoms with Gasteiger partial charge in [-0.05, 0) is 50.8 Å². The molecule has 0 bridgehead atoms. The van der Waals surface area contributed by atoms with Gasteiger partial charge in [-0.1, -0.05) is 0 Å². The number of carbonyl (C=O) groups is 1. The number of nitrogens with one attached hydrogen (secondary N) is 1. The Bertz CT molecular complexity index is 437. The zero-order valence-electron chi connectivity index (χ0n) is 10.6. The van der Waals surface area contributed by atoms with Crippen LogP contribution in [0.2, 0.25) is 0 Å². The van der Waals surface area contributed by atoms with Crippen LogP contribution in [0, 0.1) is 0 Å². The normalized spacial score (nSPS) is 23.7. The maximum Gasteiger partial charge on any atom is 0.161 e. The summed E-state index contributed by atoms with van der Waals surface area (Å²) in [5.74, 6) is -0.0140. The van der Waals surface area contributed by atoms with E-state index in [1.54, 1.807) is 6.07 Å². The molecule has 0 heterocycles. The number of aliphatic hydroxyl groups excluding tert-OH is 1. The van der Waals surface area contributed by atoms with Crippen molar-refractivity contribution in [3.05, 3.63) is 23.8 Å². The van der Waals surface area contributed by atoms with Gasteiger partial charge < -0.3 is 16.2 Å². The molecule has 4 heteroatoms. The number of nitrogen functional groups attached to an aromatic ring is 1. The van der Waals surface area contributed by atoms with Crippen molar-refractivity contribution in [3.8, 4) is 0 Å². The molecule has 4 nitrogen and oxygen atoms in total. The first kappa shape index (κ1) is 12.9. The molecule has 4 N–H and O–H groups in total. The maximum absolute atomic E-state index is 11.3. The van der Waals surface area contributed by atoms with Gasteiger partial charge in [0.25, 0.3) is 0 Å². The standard InChI is InChI=1S/C14H20N2O2/c1-9(17)13-7-4-11(8-14(13)15)16-10-2-5-12(18)6-3-10/h4,7-8,10,12,16,18H,2-3,5-6,15H2,1H3. The fourth-order valence-corrected chi connectivity index (χ4v) is 2.43. The van der Waals surface area contributed by atoms with E-state index >= 15 is 0 Å². The van der Waals surface area contributed by atoms with Crippen molar-refractivity contribution >= 4 is 17.2 Å². The fourth-order valence-electron chi connectivity index (χ4n) is 2.43. The highest BCUT2D eigenvalue weighted by molar-refractivity contribution is 5.99. The zero-order chi connectivity index (χ0) is 13.1. The van der Waals surface area contributed by atoms with E-state index in [4.69, 9.17) is 5.73 Å². The lowest BCUT2D eigenvalue weighted by Crippen LogP contribution is -2.28. The monoisotopic (exact) mass is 248 g/mol. The highest BCUT2D eigenvalue weighted by atomic mass is 16.3. The minimum Gasteiger partial charge on any atom is -0.398 e. The van der Waals surface area contributed by atoms with Crippen LogP contribution in [0.4, 0.5) is 11.4 Å². The quantitative estimate of drug-likeness (QED) is 0.566. The van der Waals surface area contributed by atoms with Gasteiger partial charge in [0.15, 0.2) is 5.78 Å². The second-order valence-electron chi connectivity index (χ2n) is 5.01. The van der Waals surface area contributed by atoms with Crippen LogP contribution in [0.5, 0.6) is 0 Å². The number of hydrogen-bond acceptors (Lipinski definition) is 4. The van der Waals surface area contributed by atoms with E-state index in [0.717, 1.165) is 31.4 Å². The van der Waals surface area contributed by atoms with Crippen LogP contribution in [0.15, 0.2) is 18.2 Å². The minimum atomic E-state index is -0.145. The van der Waals surface area contributed by atoms with Gasteiger partial charge in [0.2, 0.25) is 0 Å². The number of hydrogen-bond donors (Lipinski definition) is 3. The molecule has 18 heavy (non-hydrogen) atoms. The number of Topliss-reactive ketones (excluding diaryl/α,β-unsaturated/α-hetero) is 1. The molecule has 1 aliphatic rings. The van der Waals surface area contributed by atoms with Gasteiger partial charge in [0, 0.05) is 23.0 Å². The molecule has 1 saturated carbocycles. The average molecular weight is 248 g/mol. The summed E-state index contributed by atoms with van der Waals surface area (Å²) in [5, 5.41) is 12.9. The largest absolute Gasteiger partial charge is 0.398 e. The summed E-state index contributed by atoms with van der Waals surface area (Å²) in [6.45, 7) is 1.52. The lowest BCUT2D eigenvalue weighted by atomic mass is 9.93. The molecule has 0 aromatic heterocycles. The third-order valence-electron chi connectivity index (χ3n) is 3.50. The first-order chi connectivity index (χ1) is 8.56. The van der Waals surface area contributed by atoms with Crippen LogP contribution in [-0.2, 0) is 0 Å². The van der Waals surface area contributed by atoms with Crippen molar-refractivity contribution in [1.29, 1.82) is 0 Å². The van der Waals surface area contributed by atoms with Gasteiger partial charge >= 0.3 is 0 Å². The zero-order valence-corrected chi connectivity index (χ0v) is 10.6. The summed E-state index contributed by atoms with van der Waals surface area (Å²) >= 11 is 0. The van der Waals surface area contributed by atoms with Gasteiger partial charge in [-0.25, -0.2) is 0 Å². The number of benzene rings is 1. The smallest absolute Gasteiger partial charge is 0.161 e. The maximum atomic E-state index is 11.3. The molecule has 0 spiro atoms. The third kappa shape index (κ3) is 3.01. The van der Waals surface area contributed by atoms with E-state index in [-0.39, 0.29) is 11.9 Å². The summed E-state index contributed by atoms with van der Waals surface area (Å²) in [6.07, 6.45) is 3.48. The second-order valence-corrected chi connectivity index (χ2v) is 5.01. The predicted octanol–water partition coefficient (Wildman–Crippen LogP) is 2.19. The Morgan fingerprint density at radius 3 is 2.56 bits per heavy atom. The van der Waals surface area contributed by atoms with Gasteiger partial charge in [0.1, 0.15) is 0 Å². The molecule has 1 fully saturated rings. The molecule has 1 aromatic carbocycles. The third-order valence-corrected chi connectivity index (χ3v) is 3.50. The van der Waals surface area contributed by atoms with E-state index < -0.39 is 0 Å². The molecular formula is C14H20N2O2. The van der Waals surface area contributed by atoms with Crippen LogP contribution in [0.3, 0.4) is 0 Å². The van der Waals surface area contributed by atoms with Gasteiger partial charge in [-0.15, -0.1) is 0 Å². The highest BCUT2D eigenvalue weighted by Gasteiger charge is 2.19. The van der Waals surface area contributed by atoms with E-state index in [0.29, 0.717) is 17.3 Å². The molecule has 0 unspecified atom stereocenters. The molecule has 0 atom stereocenters. The van der Waals surface area contributed by atoms with Crippen molar-refractivity contribution in [2.75, 3.05) is 11.1 Å². The highest BCUT2D eigenvalue weighted by Crippen LogP contribution is 2.24. The topological polar surface area (TPSA) is 75.3 Å². The molecule has 0 amide bonds. The summed E-state index contributed by atoms with van der Waals surface area (Å²) < 4.78 is 0. The SMILES string of the molecule is CC(=O)c1ccc(NC2CCC(O)CC2)cc1N. The Balaban J connectivity index is 2.02. The lowest BCUT2D eigenvalue weighted by molar-refractivity contribution is 0.101. The van der Waals surface area contributed by atoms with E-state index in [9.17, 15) is 9.90 Å². The Kier molecular flexibility index (Phi) is 3.87. The minimum absolute atomic E-state index is 0.0140. The number of aliphatic hydroxyl groups is 1. The number of rotatable bonds is 3. The summed E-state index contributed by atoms with van der Waals surface area (Å²) in [4.78, 5) is 11.3. The van der Waals surface area contributed by atoms with Crippen LogP contribution < -0.4 is 11.1 Å². The predicted molar refractivity (Wildman–Crippen MR) is 72.7 cm³/mol. The van der Waals surface area contributed by atoms with Crippen LogP contribution in [0.25, 0.3) is 0 Å². The first-order valence-corrected chi connectivity index (χ1v) is 6.41. The van der Waals surface area contributed by atoms with E-state index in [2.05, 4.69) is 5.32 Å². The molecule has 0 aliphatic heterocycles. The Labute approximate surface area is 107 Å². The van der Waals surface area contributed by atoms with Crippen molar-refractivity contribution < 1.29 is 9.90 Å². The average Bonchev–Trinajstić information content (AvgIpc) is 2.32. The molecule has 98 valence electrons. The summed E-state index contributed by atoms with van der Waals surface area (Å²) in [7, 11) is 0. The van der Waals surface area contributed by atoms with Crippen LogP contribution in [0.1, 0.15) is 43.0 Å². The Morgan fingerprint density at radius 1 is 1.33 bits per heavy atom. The summed E-state index contributed by atoms with van der Waals surface area (Å²) in [5.41, 5.74) is 7.88. The van der Waals surface area contributed by atoms with E-state index in [1.165, 1.54) is 6.92 Å². The Hall–Kier alpha value is -1.55. The van der Waals surface area contributed by atoms with Gasteiger partial charge in [0.05, 0.1) is 6.10 Å². The van der Waals surface area contributed by atoms with Gasteiger partial charge in [-0.2, -0.15) is 0 Å². The molecule has 0 radical (unpaired) electrons. The molecular weight excluding hydrogens is 228 g/mol. The molecule has 1 aliphatic carbocycles. The first-order valence-electron chi connectivity index (χ1n) is 6.41. The lowest BCUT2D eigenvalue weighted by Gasteiger charge is -2.27. The summed E-state index contributed by atoms with van der Waals surface area (Å²) in [6, 6.07) is 5.84. The number of nitrogens with two attached hydrogens (primary N) is 1. The number of ketones is 1.